The Bertz CT molecular complexity index is 177. The highest BCUT2D eigenvalue weighted by atomic mass is 16.7. The Morgan fingerprint density at radius 3 is 1.92 bits per heavy atom. The van der Waals surface area contributed by atoms with Crippen molar-refractivity contribution in [3.05, 3.63) is 0 Å². The Morgan fingerprint density at radius 2 is 1.69 bits per heavy atom. The molecule has 0 aliphatic carbocycles. The molecule has 1 saturated heterocycles. The number of hydrogen-bond acceptors (Lipinski definition) is 6. The van der Waals surface area contributed by atoms with Gasteiger partial charge in [-0.15, -0.1) is 0 Å². The summed E-state index contributed by atoms with van der Waals surface area (Å²) in [5.74, 6) is -2.20. The monoisotopic (exact) mass is 194 g/mol. The van der Waals surface area contributed by atoms with Gasteiger partial charge in [-0.2, -0.15) is 0 Å². The average Bonchev–Trinajstić information content (AvgIpc) is 2.30. The number of aliphatic hydroxyl groups is 5. The first-order valence-corrected chi connectivity index (χ1v) is 3.90. The van der Waals surface area contributed by atoms with Crippen LogP contribution in [0.2, 0.25) is 0 Å². The van der Waals surface area contributed by atoms with E-state index in [1.165, 1.54) is 6.92 Å². The molecule has 1 unspecified atom stereocenters. The van der Waals surface area contributed by atoms with E-state index >= 15 is 0 Å². The molecule has 1 aliphatic rings. The van der Waals surface area contributed by atoms with E-state index in [0.717, 1.165) is 0 Å². The number of ether oxygens (including phenoxy) is 1. The fourth-order valence-corrected chi connectivity index (χ4v) is 1.36. The SMILES string of the molecule is CC1(CO)O[C@@](O)(CO)[C@@H](O)[C@@H]1O. The van der Waals surface area contributed by atoms with Crippen molar-refractivity contribution in [3.8, 4) is 0 Å². The minimum absolute atomic E-state index is 0.562. The summed E-state index contributed by atoms with van der Waals surface area (Å²) < 4.78 is 4.81. The van der Waals surface area contributed by atoms with Crippen molar-refractivity contribution in [2.45, 2.75) is 30.5 Å². The molecule has 5 N–H and O–H groups in total. The average molecular weight is 194 g/mol. The molecule has 0 spiro atoms. The van der Waals surface area contributed by atoms with E-state index in [1.54, 1.807) is 0 Å². The lowest BCUT2D eigenvalue weighted by Gasteiger charge is -2.26. The normalized spacial score (nSPS) is 51.2. The first-order valence-electron chi connectivity index (χ1n) is 3.90. The van der Waals surface area contributed by atoms with Crippen LogP contribution in [0.3, 0.4) is 0 Å². The molecule has 1 aliphatic heterocycles. The second-order valence-corrected chi connectivity index (χ2v) is 3.47. The smallest absolute Gasteiger partial charge is 0.219 e. The first kappa shape index (κ1) is 10.8. The lowest BCUT2D eigenvalue weighted by molar-refractivity contribution is -0.266. The Labute approximate surface area is 75.0 Å². The second-order valence-electron chi connectivity index (χ2n) is 3.47. The van der Waals surface area contributed by atoms with Crippen LogP contribution >= 0.6 is 0 Å². The number of rotatable bonds is 2. The minimum Gasteiger partial charge on any atom is -0.393 e. The highest BCUT2D eigenvalue weighted by Gasteiger charge is 2.59. The van der Waals surface area contributed by atoms with Crippen molar-refractivity contribution >= 4 is 0 Å². The molecule has 0 aromatic carbocycles. The third kappa shape index (κ3) is 1.45. The van der Waals surface area contributed by atoms with Crippen LogP contribution in [-0.2, 0) is 4.74 Å². The molecule has 0 radical (unpaired) electrons. The van der Waals surface area contributed by atoms with Crippen molar-refractivity contribution in [2.75, 3.05) is 13.2 Å². The van der Waals surface area contributed by atoms with E-state index in [2.05, 4.69) is 0 Å². The lowest BCUT2D eigenvalue weighted by atomic mass is 9.97. The summed E-state index contributed by atoms with van der Waals surface area (Å²) in [4.78, 5) is 0. The second kappa shape index (κ2) is 3.16. The molecule has 4 atom stereocenters. The van der Waals surface area contributed by atoms with E-state index in [1.807, 2.05) is 0 Å². The minimum atomic E-state index is -2.20. The van der Waals surface area contributed by atoms with Crippen LogP contribution in [-0.4, -0.2) is 62.3 Å². The number of hydrogen-bond donors (Lipinski definition) is 5. The summed E-state index contributed by atoms with van der Waals surface area (Å²) in [5, 5.41) is 45.6. The molecular formula is C7H14O6. The molecule has 6 nitrogen and oxygen atoms in total. The largest absolute Gasteiger partial charge is 0.393 e. The van der Waals surface area contributed by atoms with Crippen LogP contribution in [0.4, 0.5) is 0 Å². The number of aliphatic hydroxyl groups excluding tert-OH is 4. The maximum Gasteiger partial charge on any atom is 0.219 e. The molecular weight excluding hydrogens is 180 g/mol. The van der Waals surface area contributed by atoms with Gasteiger partial charge in [0.25, 0.3) is 0 Å². The molecule has 13 heavy (non-hydrogen) atoms. The van der Waals surface area contributed by atoms with Crippen LogP contribution < -0.4 is 0 Å². The predicted molar refractivity (Wildman–Crippen MR) is 40.6 cm³/mol. The third-order valence-electron chi connectivity index (χ3n) is 2.34. The Balaban J connectivity index is 2.90. The molecule has 1 rings (SSSR count). The summed E-state index contributed by atoms with van der Waals surface area (Å²) in [5.41, 5.74) is -1.45. The van der Waals surface area contributed by atoms with Crippen LogP contribution in [0.25, 0.3) is 0 Å². The highest BCUT2D eigenvalue weighted by Crippen LogP contribution is 2.36. The quantitative estimate of drug-likeness (QED) is 0.324. The van der Waals surface area contributed by atoms with Crippen molar-refractivity contribution in [2.24, 2.45) is 0 Å². The lowest BCUT2D eigenvalue weighted by Crippen LogP contribution is -2.46. The third-order valence-corrected chi connectivity index (χ3v) is 2.34. The molecule has 0 aromatic rings. The van der Waals surface area contributed by atoms with Gasteiger partial charge in [-0.3, -0.25) is 0 Å². The van der Waals surface area contributed by atoms with E-state index < -0.39 is 36.8 Å². The Kier molecular flexibility index (Phi) is 2.63. The molecule has 0 bridgehead atoms. The maximum absolute atomic E-state index is 9.41. The Morgan fingerprint density at radius 1 is 1.15 bits per heavy atom. The Hall–Kier alpha value is -0.240. The molecule has 78 valence electrons. The predicted octanol–water partition coefficient (Wildman–Crippen LogP) is -2.83. The fourth-order valence-electron chi connectivity index (χ4n) is 1.36. The van der Waals surface area contributed by atoms with E-state index in [9.17, 15) is 15.3 Å². The zero-order valence-electron chi connectivity index (χ0n) is 7.21. The van der Waals surface area contributed by atoms with Crippen molar-refractivity contribution < 1.29 is 30.3 Å². The molecule has 6 heteroatoms. The summed E-state index contributed by atoms with van der Waals surface area (Å²) in [6, 6.07) is 0. The zero-order chi connectivity index (χ0) is 10.3. The highest BCUT2D eigenvalue weighted by molar-refractivity contribution is 5.02. The van der Waals surface area contributed by atoms with Crippen LogP contribution in [0, 0.1) is 0 Å². The van der Waals surface area contributed by atoms with Gasteiger partial charge in [-0.05, 0) is 6.92 Å². The summed E-state index contributed by atoms with van der Waals surface area (Å²) in [6.45, 7) is -0.0805. The van der Waals surface area contributed by atoms with Crippen molar-refractivity contribution in [1.82, 2.24) is 0 Å². The molecule has 1 fully saturated rings. The van der Waals surface area contributed by atoms with Crippen LogP contribution in [0.15, 0.2) is 0 Å². The van der Waals surface area contributed by atoms with Gasteiger partial charge in [-0.25, -0.2) is 0 Å². The molecule has 0 saturated carbocycles. The molecule has 0 aromatic heterocycles. The standard InChI is InChI=1S/C7H14O6/c1-6(2-8)4(10)5(11)7(12,3-9)13-6/h4-5,8-12H,2-3H2,1H3/t4-,5-,6?,7-/m0/s1. The van der Waals surface area contributed by atoms with E-state index in [0.29, 0.717) is 0 Å². The van der Waals surface area contributed by atoms with Gasteiger partial charge in [-0.1, -0.05) is 0 Å². The van der Waals surface area contributed by atoms with Gasteiger partial charge in [0.2, 0.25) is 5.79 Å². The zero-order valence-corrected chi connectivity index (χ0v) is 7.21. The molecule has 0 amide bonds. The summed E-state index contributed by atoms with van der Waals surface area (Å²) >= 11 is 0. The van der Waals surface area contributed by atoms with E-state index in [4.69, 9.17) is 14.9 Å². The van der Waals surface area contributed by atoms with Gasteiger partial charge in [0.05, 0.1) is 13.2 Å². The summed E-state index contributed by atoms with van der Waals surface area (Å²) in [6.07, 6.45) is -3.07. The van der Waals surface area contributed by atoms with Gasteiger partial charge < -0.3 is 30.3 Å². The van der Waals surface area contributed by atoms with Crippen molar-refractivity contribution in [1.29, 1.82) is 0 Å². The maximum atomic E-state index is 9.41. The van der Waals surface area contributed by atoms with Crippen LogP contribution in [0.1, 0.15) is 6.92 Å². The van der Waals surface area contributed by atoms with Gasteiger partial charge in [0.1, 0.15) is 17.8 Å². The fraction of sp³-hybridized carbons (Fsp3) is 1.00. The van der Waals surface area contributed by atoms with Gasteiger partial charge >= 0.3 is 0 Å². The van der Waals surface area contributed by atoms with E-state index in [-0.39, 0.29) is 0 Å². The van der Waals surface area contributed by atoms with Crippen molar-refractivity contribution in [3.63, 3.8) is 0 Å². The van der Waals surface area contributed by atoms with Crippen LogP contribution in [0.5, 0.6) is 0 Å². The molecule has 1 heterocycles. The topological polar surface area (TPSA) is 110 Å². The van der Waals surface area contributed by atoms with Gasteiger partial charge in [0, 0.05) is 0 Å². The summed E-state index contributed by atoms with van der Waals surface area (Å²) in [7, 11) is 0. The first-order chi connectivity index (χ1) is 5.89. The van der Waals surface area contributed by atoms with Gasteiger partial charge in [0.15, 0.2) is 0 Å².